The minimum Gasteiger partial charge on any atom is -0.394 e. The maximum atomic E-state index is 13.6. The summed E-state index contributed by atoms with van der Waals surface area (Å²) in [4.78, 5) is 13.6. The Kier molecular flexibility index (Phi) is 35.9. The fraction of sp³-hybridized carbons (Fsp3) is 0.921. The number of carbonyl (C=O) groups excluding carboxylic acids is 1. The fourth-order valence-corrected chi connectivity index (χ4v) is 11.7. The van der Waals surface area contributed by atoms with Gasteiger partial charge in [-0.1, -0.05) is 205 Å². The van der Waals surface area contributed by atoms with E-state index in [1.54, 1.807) is 6.08 Å². The highest BCUT2D eigenvalue weighted by molar-refractivity contribution is 5.80. The molecule has 4 rings (SSSR count). The first-order valence-electron chi connectivity index (χ1n) is 31.9. The first kappa shape index (κ1) is 68.9. The van der Waals surface area contributed by atoms with Gasteiger partial charge >= 0.3 is 0 Å². The number of carbonyl (C=O) groups is 1. The van der Waals surface area contributed by atoms with Crippen molar-refractivity contribution in [2.45, 2.75) is 319 Å². The molecular weight excluding hydrogens is 995 g/mol. The second-order valence-electron chi connectivity index (χ2n) is 24.4. The van der Waals surface area contributed by atoms with E-state index in [1.165, 1.54) is 154 Å². The van der Waals surface area contributed by atoms with E-state index in [9.17, 15) is 45.6 Å². The molecule has 456 valence electrons. The minimum atomic E-state index is -1.70. The summed E-state index contributed by atoms with van der Waals surface area (Å²) in [6.45, 7) is 6.92. The van der Waals surface area contributed by atoms with Crippen molar-refractivity contribution in [3.8, 4) is 0 Å². The molecule has 9 N–H and O–H groups in total. The molecule has 0 aromatic carbocycles. The van der Waals surface area contributed by atoms with Crippen LogP contribution in [0.5, 0.6) is 0 Å². The van der Waals surface area contributed by atoms with E-state index in [0.717, 1.165) is 67.8 Å². The molecule has 4 unspecified atom stereocenters. The molecule has 17 atom stereocenters. The minimum absolute atomic E-state index is 0.0519. The normalized spacial score (nSPS) is 30.1. The highest BCUT2D eigenvalue weighted by Crippen LogP contribution is 2.47. The molecule has 0 radical (unpaired) electrons. The van der Waals surface area contributed by atoms with E-state index in [-0.39, 0.29) is 19.6 Å². The van der Waals surface area contributed by atoms with Gasteiger partial charge in [-0.15, -0.1) is 0 Å². The van der Waals surface area contributed by atoms with Gasteiger partial charge < -0.3 is 69.9 Å². The molecule has 0 aromatic heterocycles. The SMILES string of the molecule is CCCCCCCCCCC1CC1CCCC/C=C\CC[C@@H](O)C(=O)N[C@@H](CO[C@@H]1O[C@H](CO[C@@H]2O[C@H](CO)[C@@H](O)[C@H](O)[C@H]2O)[C@H](O)[C@H](O)[C@H]1OCC=C(C)C)[C@H](O)CCCCCCCC1CC1CCCCCCCCCC. The van der Waals surface area contributed by atoms with Crippen LogP contribution in [0.1, 0.15) is 240 Å². The van der Waals surface area contributed by atoms with Crippen molar-refractivity contribution in [3.05, 3.63) is 23.8 Å². The number of nitrogens with one attached hydrogen (secondary N) is 1. The molecule has 15 heteroatoms. The fourth-order valence-electron chi connectivity index (χ4n) is 11.7. The van der Waals surface area contributed by atoms with E-state index >= 15 is 0 Å². The van der Waals surface area contributed by atoms with Crippen LogP contribution in [0, 0.1) is 23.7 Å². The van der Waals surface area contributed by atoms with Gasteiger partial charge in [0.25, 0.3) is 0 Å². The summed E-state index contributed by atoms with van der Waals surface area (Å²) < 4.78 is 29.6. The number of ether oxygens (including phenoxy) is 5. The lowest BCUT2D eigenvalue weighted by atomic mass is 9.98. The third kappa shape index (κ3) is 27.2. The van der Waals surface area contributed by atoms with Crippen molar-refractivity contribution >= 4 is 5.91 Å². The molecule has 1 amide bonds. The Morgan fingerprint density at radius 2 is 1.04 bits per heavy atom. The van der Waals surface area contributed by atoms with Crippen LogP contribution in [0.25, 0.3) is 0 Å². The van der Waals surface area contributed by atoms with Crippen LogP contribution >= 0.6 is 0 Å². The number of hydrogen-bond acceptors (Lipinski definition) is 14. The van der Waals surface area contributed by atoms with Gasteiger partial charge in [-0.2, -0.15) is 0 Å². The number of aliphatic hydroxyl groups is 8. The third-order valence-electron chi connectivity index (χ3n) is 17.3. The van der Waals surface area contributed by atoms with Crippen LogP contribution in [0.15, 0.2) is 23.8 Å². The van der Waals surface area contributed by atoms with Crippen LogP contribution in [-0.4, -0.2) is 153 Å². The van der Waals surface area contributed by atoms with Crippen molar-refractivity contribution in [2.24, 2.45) is 23.7 Å². The van der Waals surface area contributed by atoms with Crippen LogP contribution in [0.4, 0.5) is 0 Å². The number of unbranched alkanes of at least 4 members (excludes halogenated alkanes) is 20. The van der Waals surface area contributed by atoms with Crippen LogP contribution in [0.2, 0.25) is 0 Å². The van der Waals surface area contributed by atoms with Crippen molar-refractivity contribution in [1.29, 1.82) is 0 Å². The van der Waals surface area contributed by atoms with Gasteiger partial charge in [0.2, 0.25) is 5.91 Å². The first-order chi connectivity index (χ1) is 37.8. The topological polar surface area (TPSA) is 237 Å². The summed E-state index contributed by atoms with van der Waals surface area (Å²) in [5.41, 5.74) is 0.951. The number of amides is 1. The lowest BCUT2D eigenvalue weighted by molar-refractivity contribution is -0.334. The molecule has 78 heavy (non-hydrogen) atoms. The van der Waals surface area contributed by atoms with E-state index in [0.29, 0.717) is 12.8 Å². The Bertz CT molecular complexity index is 1580. The van der Waals surface area contributed by atoms with Crippen molar-refractivity contribution in [1.82, 2.24) is 5.32 Å². The molecule has 4 fully saturated rings. The number of rotatable bonds is 47. The van der Waals surface area contributed by atoms with E-state index < -0.39 is 98.8 Å². The molecule has 2 heterocycles. The smallest absolute Gasteiger partial charge is 0.249 e. The Hall–Kier alpha value is -1.57. The zero-order chi connectivity index (χ0) is 56.5. The van der Waals surface area contributed by atoms with Crippen molar-refractivity contribution < 1.29 is 69.3 Å². The molecule has 4 aliphatic rings. The quantitative estimate of drug-likeness (QED) is 0.0204. The first-order valence-corrected chi connectivity index (χ1v) is 31.9. The highest BCUT2D eigenvalue weighted by atomic mass is 16.7. The zero-order valence-electron chi connectivity index (χ0n) is 49.2. The van der Waals surface area contributed by atoms with Crippen LogP contribution in [-0.2, 0) is 28.5 Å². The zero-order valence-corrected chi connectivity index (χ0v) is 49.2. The van der Waals surface area contributed by atoms with Crippen molar-refractivity contribution in [3.63, 3.8) is 0 Å². The maximum absolute atomic E-state index is 13.6. The Morgan fingerprint density at radius 1 is 0.551 bits per heavy atom. The molecule has 2 saturated carbocycles. The molecule has 0 spiro atoms. The average molecular weight is 1110 g/mol. The van der Waals surface area contributed by atoms with Gasteiger partial charge in [0.05, 0.1) is 38.6 Å². The molecule has 0 aromatic rings. The van der Waals surface area contributed by atoms with Gasteiger partial charge in [-0.25, -0.2) is 0 Å². The standard InChI is InChI=1S/C63H115NO14/c1-5-7-9-11-13-15-20-26-32-46-40-48(46)34-28-22-17-18-24-31-37-52(67)61(73)64-50(51(66)36-30-25-19-23-29-35-49-41-47(49)33-27-21-16-14-12-10-8-6-2)43-75-63-60(74-39-38-45(3)4)58(71)56(69)54(78-63)44-76-62-59(72)57(70)55(68)53(42-65)77-62/h18,24,38,46-60,62-63,65-72H,5-17,19-23,25-37,39-44H2,1-4H3,(H,64,73)/b24-18-/t46?,47?,48?,49?,50-,51+,52+,53+,54+,55+,56-,57-,58-,59+,60+,62+,63+/m0/s1. The van der Waals surface area contributed by atoms with Gasteiger partial charge in [-0.3, -0.25) is 4.79 Å². The second kappa shape index (κ2) is 40.6. The average Bonchev–Trinajstić information content (AvgIpc) is 4.40. The number of hydrogen-bond donors (Lipinski definition) is 9. The molecule has 2 aliphatic heterocycles. The predicted octanol–water partition coefficient (Wildman–Crippen LogP) is 9.79. The van der Waals surface area contributed by atoms with Crippen molar-refractivity contribution in [2.75, 3.05) is 26.4 Å². The summed E-state index contributed by atoms with van der Waals surface area (Å²) in [6.07, 6.45) is 28.5. The summed E-state index contributed by atoms with van der Waals surface area (Å²) in [7, 11) is 0. The summed E-state index contributed by atoms with van der Waals surface area (Å²) >= 11 is 0. The van der Waals surface area contributed by atoms with Gasteiger partial charge in [0, 0.05) is 0 Å². The summed E-state index contributed by atoms with van der Waals surface area (Å²) in [6, 6.07) is -0.975. The molecule has 15 nitrogen and oxygen atoms in total. The Morgan fingerprint density at radius 3 is 1.58 bits per heavy atom. The molecule has 2 saturated heterocycles. The predicted molar refractivity (Wildman–Crippen MR) is 306 cm³/mol. The lowest BCUT2D eigenvalue weighted by Gasteiger charge is -2.44. The molecular formula is C63H115NO14. The summed E-state index contributed by atoms with van der Waals surface area (Å²) in [5, 5.41) is 89.0. The summed E-state index contributed by atoms with van der Waals surface area (Å²) in [5.74, 6) is 3.02. The van der Waals surface area contributed by atoms with E-state index in [2.05, 4.69) is 25.2 Å². The monoisotopic (exact) mass is 1110 g/mol. The van der Waals surface area contributed by atoms with E-state index in [4.69, 9.17) is 23.7 Å². The van der Waals surface area contributed by atoms with Gasteiger partial charge in [0.1, 0.15) is 54.9 Å². The van der Waals surface area contributed by atoms with Crippen LogP contribution < -0.4 is 5.32 Å². The molecule has 0 bridgehead atoms. The van der Waals surface area contributed by atoms with Crippen LogP contribution in [0.3, 0.4) is 0 Å². The Labute approximate surface area is 472 Å². The van der Waals surface area contributed by atoms with Gasteiger partial charge in [-0.05, 0) is 82.5 Å². The largest absolute Gasteiger partial charge is 0.394 e. The number of allylic oxidation sites excluding steroid dienone is 3. The highest BCUT2D eigenvalue weighted by Gasteiger charge is 2.49. The Balaban J connectivity index is 1.25. The van der Waals surface area contributed by atoms with Gasteiger partial charge in [0.15, 0.2) is 12.6 Å². The number of aliphatic hydroxyl groups excluding tert-OH is 8. The second-order valence-corrected chi connectivity index (χ2v) is 24.4. The third-order valence-corrected chi connectivity index (χ3v) is 17.3. The maximum Gasteiger partial charge on any atom is 0.249 e. The lowest BCUT2D eigenvalue weighted by Crippen LogP contribution is -2.62. The molecule has 2 aliphatic carbocycles. The van der Waals surface area contributed by atoms with E-state index in [1.807, 2.05) is 19.9 Å².